The third-order valence-electron chi connectivity index (χ3n) is 2.35. The average molecular weight is 236 g/mol. The molecule has 0 aliphatic rings. The quantitative estimate of drug-likeness (QED) is 0.782. The lowest BCUT2D eigenvalue weighted by Crippen LogP contribution is -2.18. The molecule has 0 spiro atoms. The summed E-state index contributed by atoms with van der Waals surface area (Å²) in [5.41, 5.74) is 1.07. The summed E-state index contributed by atoms with van der Waals surface area (Å²) in [7, 11) is 0. The first kappa shape index (κ1) is 11.5. The fraction of sp³-hybridized carbons (Fsp3) is 0.417. The number of thiazole rings is 1. The number of aliphatic hydroxyl groups excluding tert-OH is 1. The third-order valence-corrected chi connectivity index (χ3v) is 3.39. The lowest BCUT2D eigenvalue weighted by molar-refractivity contribution is 0.183. The Bertz CT molecular complexity index is 420. The monoisotopic (exact) mass is 236 g/mol. The van der Waals surface area contributed by atoms with Gasteiger partial charge in [-0.1, -0.05) is 12.1 Å². The Morgan fingerprint density at radius 3 is 3.00 bits per heavy atom. The first-order chi connectivity index (χ1) is 7.75. The summed E-state index contributed by atoms with van der Waals surface area (Å²) in [4.78, 5) is 4.52. The van der Waals surface area contributed by atoms with Crippen LogP contribution in [0.3, 0.4) is 0 Å². The van der Waals surface area contributed by atoms with Gasteiger partial charge in [0, 0.05) is 6.54 Å². The number of aromatic nitrogens is 1. The van der Waals surface area contributed by atoms with E-state index in [1.807, 2.05) is 18.2 Å². The maximum absolute atomic E-state index is 9.11. The Labute approximate surface area is 99.1 Å². The van der Waals surface area contributed by atoms with Gasteiger partial charge in [0.05, 0.1) is 16.3 Å². The summed E-state index contributed by atoms with van der Waals surface area (Å²) in [6.45, 7) is 3.42. The minimum absolute atomic E-state index is 0.233. The van der Waals surface area contributed by atoms with Crippen molar-refractivity contribution < 1.29 is 5.11 Å². The number of hydrogen-bond acceptors (Lipinski definition) is 4. The van der Waals surface area contributed by atoms with Crippen LogP contribution in [0.25, 0.3) is 10.2 Å². The molecule has 0 aliphatic carbocycles. The molecule has 2 rings (SSSR count). The zero-order valence-electron chi connectivity index (χ0n) is 9.31. The minimum atomic E-state index is -0.233. The van der Waals surface area contributed by atoms with Crippen LogP contribution in [0.1, 0.15) is 18.4 Å². The zero-order chi connectivity index (χ0) is 11.4. The molecule has 1 aromatic carbocycles. The van der Waals surface area contributed by atoms with Crippen molar-refractivity contribution in [1.29, 1.82) is 0 Å². The summed E-state index contributed by atoms with van der Waals surface area (Å²) in [5, 5.41) is 13.5. The summed E-state index contributed by atoms with van der Waals surface area (Å²) in [6.07, 6.45) is 0.549. The van der Waals surface area contributed by atoms with E-state index in [1.165, 1.54) is 4.70 Å². The second kappa shape index (κ2) is 5.39. The van der Waals surface area contributed by atoms with Crippen LogP contribution >= 0.6 is 11.3 Å². The van der Waals surface area contributed by atoms with Gasteiger partial charge in [-0.2, -0.15) is 0 Å². The Morgan fingerprint density at radius 1 is 1.44 bits per heavy atom. The first-order valence-corrected chi connectivity index (χ1v) is 6.30. The van der Waals surface area contributed by atoms with E-state index in [4.69, 9.17) is 5.11 Å². The number of nitrogens with one attached hydrogen (secondary N) is 1. The van der Waals surface area contributed by atoms with Gasteiger partial charge >= 0.3 is 0 Å². The molecule has 1 heterocycles. The maximum atomic E-state index is 9.11. The molecule has 1 unspecified atom stereocenters. The van der Waals surface area contributed by atoms with E-state index in [0.717, 1.165) is 30.0 Å². The van der Waals surface area contributed by atoms with Gasteiger partial charge in [0.1, 0.15) is 5.01 Å². The fourth-order valence-electron chi connectivity index (χ4n) is 1.50. The third kappa shape index (κ3) is 3.01. The van der Waals surface area contributed by atoms with Gasteiger partial charge in [-0.25, -0.2) is 4.98 Å². The van der Waals surface area contributed by atoms with Crippen molar-refractivity contribution in [2.24, 2.45) is 0 Å². The molecule has 4 heteroatoms. The molecule has 86 valence electrons. The molecule has 1 atom stereocenters. The summed E-state index contributed by atoms with van der Waals surface area (Å²) in [5.74, 6) is 0. The highest BCUT2D eigenvalue weighted by Crippen LogP contribution is 2.21. The second-order valence-corrected chi connectivity index (χ2v) is 5.01. The normalized spacial score (nSPS) is 13.1. The molecule has 2 N–H and O–H groups in total. The molecule has 16 heavy (non-hydrogen) atoms. The number of benzene rings is 1. The van der Waals surface area contributed by atoms with Gasteiger partial charge in [-0.3, -0.25) is 0 Å². The molecule has 0 aliphatic heterocycles. The van der Waals surface area contributed by atoms with Crippen molar-refractivity contribution in [3.63, 3.8) is 0 Å². The van der Waals surface area contributed by atoms with Crippen LogP contribution in [0.5, 0.6) is 0 Å². The highest BCUT2D eigenvalue weighted by Gasteiger charge is 2.02. The van der Waals surface area contributed by atoms with E-state index in [1.54, 1.807) is 18.3 Å². The van der Waals surface area contributed by atoms with Crippen LogP contribution in [-0.4, -0.2) is 22.7 Å². The van der Waals surface area contributed by atoms with Gasteiger partial charge in [0.15, 0.2) is 0 Å². The van der Waals surface area contributed by atoms with Crippen LogP contribution in [0.15, 0.2) is 24.3 Å². The molecule has 1 aromatic heterocycles. The van der Waals surface area contributed by atoms with E-state index < -0.39 is 0 Å². The van der Waals surface area contributed by atoms with Crippen LogP contribution in [0, 0.1) is 0 Å². The number of rotatable bonds is 5. The Balaban J connectivity index is 1.89. The van der Waals surface area contributed by atoms with Crippen LogP contribution in [0.4, 0.5) is 0 Å². The molecule has 3 nitrogen and oxygen atoms in total. The van der Waals surface area contributed by atoms with Crippen molar-refractivity contribution in [2.75, 3.05) is 6.54 Å². The minimum Gasteiger partial charge on any atom is -0.393 e. The molecule has 0 bridgehead atoms. The summed E-state index contributed by atoms with van der Waals surface area (Å²) in [6, 6.07) is 8.16. The van der Waals surface area contributed by atoms with Gasteiger partial charge in [-0.15, -0.1) is 11.3 Å². The van der Waals surface area contributed by atoms with E-state index in [2.05, 4.69) is 16.4 Å². The van der Waals surface area contributed by atoms with E-state index >= 15 is 0 Å². The van der Waals surface area contributed by atoms with E-state index in [-0.39, 0.29) is 6.10 Å². The van der Waals surface area contributed by atoms with E-state index in [9.17, 15) is 0 Å². The number of aliphatic hydroxyl groups is 1. The summed E-state index contributed by atoms with van der Waals surface area (Å²) < 4.78 is 1.23. The number of fused-ring (bicyclic) bond motifs is 1. The maximum Gasteiger partial charge on any atom is 0.108 e. The fourth-order valence-corrected chi connectivity index (χ4v) is 2.44. The van der Waals surface area contributed by atoms with Gasteiger partial charge in [-0.05, 0) is 32.0 Å². The van der Waals surface area contributed by atoms with Crippen molar-refractivity contribution in [3.8, 4) is 0 Å². The van der Waals surface area contributed by atoms with Crippen molar-refractivity contribution in [2.45, 2.75) is 26.0 Å². The molecule has 0 fully saturated rings. The number of nitrogens with zero attached hydrogens (tertiary/aromatic N) is 1. The molecular weight excluding hydrogens is 220 g/mol. The van der Waals surface area contributed by atoms with Crippen molar-refractivity contribution >= 4 is 21.6 Å². The van der Waals surface area contributed by atoms with Crippen LogP contribution in [0.2, 0.25) is 0 Å². The zero-order valence-corrected chi connectivity index (χ0v) is 10.1. The molecule has 0 radical (unpaired) electrons. The summed E-state index contributed by atoms with van der Waals surface area (Å²) >= 11 is 1.72. The predicted octanol–water partition coefficient (Wildman–Crippen LogP) is 2.16. The topological polar surface area (TPSA) is 45.1 Å². The molecule has 0 amide bonds. The average Bonchev–Trinajstić information content (AvgIpc) is 2.66. The lowest BCUT2D eigenvalue weighted by atomic mass is 10.3. The molecular formula is C12H16N2OS. The van der Waals surface area contributed by atoms with Crippen molar-refractivity contribution in [1.82, 2.24) is 10.3 Å². The first-order valence-electron chi connectivity index (χ1n) is 5.49. The van der Waals surface area contributed by atoms with Crippen LogP contribution < -0.4 is 5.32 Å². The van der Waals surface area contributed by atoms with E-state index in [0.29, 0.717) is 0 Å². The predicted molar refractivity (Wildman–Crippen MR) is 67.6 cm³/mol. The molecule has 2 aromatic rings. The SMILES string of the molecule is CC(O)CCNCc1nc2ccccc2s1. The van der Waals surface area contributed by atoms with Crippen molar-refractivity contribution in [3.05, 3.63) is 29.3 Å². The van der Waals surface area contributed by atoms with Crippen LogP contribution in [-0.2, 0) is 6.54 Å². The van der Waals surface area contributed by atoms with Gasteiger partial charge < -0.3 is 10.4 Å². The molecule has 0 saturated heterocycles. The largest absolute Gasteiger partial charge is 0.393 e. The highest BCUT2D eigenvalue weighted by atomic mass is 32.1. The number of hydrogen-bond donors (Lipinski definition) is 2. The van der Waals surface area contributed by atoms with Gasteiger partial charge in [0.2, 0.25) is 0 Å². The Hall–Kier alpha value is -0.970. The standard InChI is InChI=1S/C12H16N2OS/c1-9(15)6-7-13-8-12-14-10-4-2-3-5-11(10)16-12/h2-5,9,13,15H,6-8H2,1H3. The molecule has 0 saturated carbocycles. The second-order valence-electron chi connectivity index (χ2n) is 3.89. The Morgan fingerprint density at radius 2 is 2.25 bits per heavy atom. The lowest BCUT2D eigenvalue weighted by Gasteiger charge is -2.04. The number of para-hydroxylation sites is 1. The Kier molecular flexibility index (Phi) is 3.88. The smallest absolute Gasteiger partial charge is 0.108 e. The van der Waals surface area contributed by atoms with Gasteiger partial charge in [0.25, 0.3) is 0 Å². The highest BCUT2D eigenvalue weighted by molar-refractivity contribution is 7.18.